The Morgan fingerprint density at radius 3 is 2.23 bits per heavy atom. The number of rotatable bonds is 8. The molecule has 4 N–H and O–H groups in total. The summed E-state index contributed by atoms with van der Waals surface area (Å²) in [5, 5.41) is 14.2. The van der Waals surface area contributed by atoms with Crippen molar-refractivity contribution in [1.29, 1.82) is 0 Å². The van der Waals surface area contributed by atoms with Gasteiger partial charge in [0.05, 0.1) is 0 Å². The minimum atomic E-state index is -1.97. The van der Waals surface area contributed by atoms with Crippen molar-refractivity contribution in [2.24, 2.45) is 17.6 Å². The maximum atomic E-state index is 14.8. The maximum absolute atomic E-state index is 14.8. The average molecular weight is 541 g/mol. The summed E-state index contributed by atoms with van der Waals surface area (Å²) < 4.78 is 0. The number of aryl methyl sites for hydroxylation is 1. The number of fused-ring (bicyclic) bond motifs is 1. The molecule has 0 bridgehead atoms. The molecule has 0 saturated carbocycles. The standard InChI is InChI=1S/C32H36N4O4/c1-4-20(5-2)28-29(38)35-27(23-16-21-10-6-7-11-22(21)17-23)30(39)36(28)32(31(33)40,24-15-14-19(3)34-18-24)25-12-8-9-13-26(25)37/h6-15,18,20,23,27-28,37H,4-5,16-17H2,1-3H3,(H2,33,40)(H,35,38). The number of carbonyl (C=O) groups excluding carboxylic acids is 3. The zero-order chi connectivity index (χ0) is 28.6. The van der Waals surface area contributed by atoms with Crippen LogP contribution < -0.4 is 11.1 Å². The Bertz CT molecular complexity index is 1410. The van der Waals surface area contributed by atoms with Crippen LogP contribution in [0.5, 0.6) is 5.75 Å². The van der Waals surface area contributed by atoms with Crippen LogP contribution in [0.1, 0.15) is 54.6 Å². The first-order valence-electron chi connectivity index (χ1n) is 14.0. The summed E-state index contributed by atoms with van der Waals surface area (Å²) in [5.74, 6) is -2.23. The van der Waals surface area contributed by atoms with E-state index in [-0.39, 0.29) is 29.1 Å². The van der Waals surface area contributed by atoms with Crippen LogP contribution in [-0.2, 0) is 32.8 Å². The second-order valence-electron chi connectivity index (χ2n) is 10.9. The van der Waals surface area contributed by atoms with E-state index >= 15 is 0 Å². The number of benzene rings is 2. The largest absolute Gasteiger partial charge is 0.508 e. The number of nitrogens with zero attached hydrogens (tertiary/aromatic N) is 2. The first-order valence-corrected chi connectivity index (χ1v) is 14.0. The van der Waals surface area contributed by atoms with Gasteiger partial charge in [0.1, 0.15) is 17.8 Å². The molecule has 8 heteroatoms. The van der Waals surface area contributed by atoms with E-state index in [0.717, 1.165) is 11.1 Å². The predicted octanol–water partition coefficient (Wildman–Crippen LogP) is 3.37. The minimum Gasteiger partial charge on any atom is -0.508 e. The van der Waals surface area contributed by atoms with Gasteiger partial charge < -0.3 is 21.1 Å². The molecule has 3 unspecified atom stereocenters. The Morgan fingerprint density at radius 2 is 1.68 bits per heavy atom. The van der Waals surface area contributed by atoms with Crippen molar-refractivity contribution < 1.29 is 19.5 Å². The second-order valence-corrected chi connectivity index (χ2v) is 10.9. The number of primary amides is 1. The zero-order valence-corrected chi connectivity index (χ0v) is 23.1. The normalized spacial score (nSPS) is 20.8. The van der Waals surface area contributed by atoms with Crippen LogP contribution in [0.15, 0.2) is 66.9 Å². The molecule has 5 rings (SSSR count). The summed E-state index contributed by atoms with van der Waals surface area (Å²) in [6, 6.07) is 16.0. The third-order valence-corrected chi connectivity index (χ3v) is 8.74. The van der Waals surface area contributed by atoms with Crippen LogP contribution in [0.2, 0.25) is 0 Å². The summed E-state index contributed by atoms with van der Waals surface area (Å²) in [7, 11) is 0. The lowest BCUT2D eigenvalue weighted by Crippen LogP contribution is -2.74. The summed E-state index contributed by atoms with van der Waals surface area (Å²) >= 11 is 0. The van der Waals surface area contributed by atoms with E-state index in [0.29, 0.717) is 36.9 Å². The van der Waals surface area contributed by atoms with Crippen molar-refractivity contribution in [3.05, 3.63) is 94.8 Å². The van der Waals surface area contributed by atoms with Gasteiger partial charge in [-0.1, -0.05) is 75.2 Å². The molecule has 1 aromatic heterocycles. The number of phenols is 1. The van der Waals surface area contributed by atoms with E-state index in [9.17, 15) is 19.5 Å². The molecule has 1 saturated heterocycles. The summed E-state index contributed by atoms with van der Waals surface area (Å²) in [4.78, 5) is 48.7. The zero-order valence-electron chi connectivity index (χ0n) is 23.1. The molecule has 40 heavy (non-hydrogen) atoms. The molecule has 1 fully saturated rings. The van der Waals surface area contributed by atoms with Crippen molar-refractivity contribution in [3.63, 3.8) is 0 Å². The Morgan fingerprint density at radius 1 is 1.05 bits per heavy atom. The molecule has 2 aromatic carbocycles. The number of hydrogen-bond acceptors (Lipinski definition) is 5. The third kappa shape index (κ3) is 4.31. The molecule has 3 atom stereocenters. The van der Waals surface area contributed by atoms with Crippen LogP contribution in [-0.4, -0.2) is 44.8 Å². The molecular weight excluding hydrogens is 504 g/mol. The molecule has 208 valence electrons. The molecule has 8 nitrogen and oxygen atoms in total. The van der Waals surface area contributed by atoms with E-state index in [1.165, 1.54) is 17.2 Å². The van der Waals surface area contributed by atoms with Crippen LogP contribution in [0, 0.1) is 18.8 Å². The average Bonchev–Trinajstić information content (AvgIpc) is 3.38. The second kappa shape index (κ2) is 10.8. The first-order chi connectivity index (χ1) is 19.2. The van der Waals surface area contributed by atoms with E-state index in [1.54, 1.807) is 30.3 Å². The fraction of sp³-hybridized carbons (Fsp3) is 0.375. The van der Waals surface area contributed by atoms with Crippen molar-refractivity contribution in [2.45, 2.75) is 64.1 Å². The molecule has 0 spiro atoms. The van der Waals surface area contributed by atoms with Crippen LogP contribution >= 0.6 is 0 Å². The van der Waals surface area contributed by atoms with Gasteiger partial charge in [0.2, 0.25) is 11.8 Å². The molecule has 1 aliphatic carbocycles. The number of aromatic nitrogens is 1. The van der Waals surface area contributed by atoms with Crippen LogP contribution in [0.4, 0.5) is 0 Å². The number of aromatic hydroxyl groups is 1. The van der Waals surface area contributed by atoms with E-state index in [2.05, 4.69) is 10.3 Å². The van der Waals surface area contributed by atoms with E-state index < -0.39 is 29.4 Å². The summed E-state index contributed by atoms with van der Waals surface area (Å²) in [5.41, 5.74) is 7.78. The Hall–Kier alpha value is -4.20. The number of amides is 3. The van der Waals surface area contributed by atoms with Gasteiger partial charge in [0.15, 0.2) is 5.54 Å². The van der Waals surface area contributed by atoms with Gasteiger partial charge in [-0.05, 0) is 54.9 Å². The number of carbonyl (C=O) groups is 3. The highest BCUT2D eigenvalue weighted by atomic mass is 16.3. The highest BCUT2D eigenvalue weighted by molar-refractivity contribution is 6.03. The van der Waals surface area contributed by atoms with Gasteiger partial charge in [-0.15, -0.1) is 0 Å². The Balaban J connectivity index is 1.75. The third-order valence-electron chi connectivity index (χ3n) is 8.74. The van der Waals surface area contributed by atoms with Gasteiger partial charge in [0.25, 0.3) is 5.91 Å². The van der Waals surface area contributed by atoms with E-state index in [1.807, 2.05) is 45.0 Å². The predicted molar refractivity (Wildman–Crippen MR) is 151 cm³/mol. The molecule has 0 radical (unpaired) electrons. The number of para-hydroxylation sites is 1. The highest BCUT2D eigenvalue weighted by Crippen LogP contribution is 2.45. The fourth-order valence-corrected chi connectivity index (χ4v) is 6.67. The lowest BCUT2D eigenvalue weighted by molar-refractivity contribution is -0.164. The van der Waals surface area contributed by atoms with E-state index in [4.69, 9.17) is 5.73 Å². The van der Waals surface area contributed by atoms with Gasteiger partial charge >= 0.3 is 0 Å². The number of pyridine rings is 1. The van der Waals surface area contributed by atoms with Crippen molar-refractivity contribution in [3.8, 4) is 5.75 Å². The molecule has 3 amide bonds. The quantitative estimate of drug-likeness (QED) is 0.404. The number of nitrogens with two attached hydrogens (primary N) is 1. The summed E-state index contributed by atoms with van der Waals surface area (Å²) in [6.45, 7) is 5.74. The maximum Gasteiger partial charge on any atom is 0.253 e. The molecular formula is C32H36N4O4. The number of piperazine rings is 1. The van der Waals surface area contributed by atoms with Crippen molar-refractivity contribution in [2.75, 3.05) is 0 Å². The molecule has 2 heterocycles. The lowest BCUT2D eigenvalue weighted by atomic mass is 9.75. The molecule has 2 aliphatic rings. The molecule has 3 aromatic rings. The van der Waals surface area contributed by atoms with Crippen LogP contribution in [0.3, 0.4) is 0 Å². The van der Waals surface area contributed by atoms with Crippen LogP contribution in [0.25, 0.3) is 0 Å². The highest BCUT2D eigenvalue weighted by Gasteiger charge is 2.59. The van der Waals surface area contributed by atoms with Gasteiger partial charge in [0, 0.05) is 23.0 Å². The Kier molecular flexibility index (Phi) is 7.36. The fourth-order valence-electron chi connectivity index (χ4n) is 6.67. The Labute approximate surface area is 234 Å². The summed E-state index contributed by atoms with van der Waals surface area (Å²) in [6.07, 6.45) is 3.96. The van der Waals surface area contributed by atoms with Crippen molar-refractivity contribution in [1.82, 2.24) is 15.2 Å². The SMILES string of the molecule is CCC(CC)C1C(=O)NC(C2Cc3ccccc3C2)C(=O)N1C(C(N)=O)(c1ccc(C)nc1)c1ccccc1O. The molecule has 1 aliphatic heterocycles. The van der Waals surface area contributed by atoms with Gasteiger partial charge in [-0.25, -0.2) is 0 Å². The smallest absolute Gasteiger partial charge is 0.253 e. The number of hydrogen-bond donors (Lipinski definition) is 3. The first kappa shape index (κ1) is 27.4. The lowest BCUT2D eigenvalue weighted by Gasteiger charge is -2.52. The number of nitrogens with one attached hydrogen (secondary N) is 1. The van der Waals surface area contributed by atoms with Crippen molar-refractivity contribution >= 4 is 17.7 Å². The monoisotopic (exact) mass is 540 g/mol. The number of phenolic OH excluding ortho intramolecular Hbond substituents is 1. The van der Waals surface area contributed by atoms with Gasteiger partial charge in [-0.3, -0.25) is 19.4 Å². The minimum absolute atomic E-state index is 0.139. The topological polar surface area (TPSA) is 126 Å². The van der Waals surface area contributed by atoms with Gasteiger partial charge in [-0.2, -0.15) is 0 Å².